The van der Waals surface area contributed by atoms with E-state index in [9.17, 15) is 8.78 Å². The Balaban J connectivity index is 1.80. The second-order valence-corrected chi connectivity index (χ2v) is 15.5. The Bertz CT molecular complexity index is 1350. The summed E-state index contributed by atoms with van der Waals surface area (Å²) in [5, 5.41) is 0.893. The van der Waals surface area contributed by atoms with Gasteiger partial charge in [0.05, 0.1) is 27.4 Å². The number of ether oxygens (including phenoxy) is 1. The van der Waals surface area contributed by atoms with Gasteiger partial charge in [-0.1, -0.05) is 20.8 Å². The summed E-state index contributed by atoms with van der Waals surface area (Å²) >= 11 is 1.56. The van der Waals surface area contributed by atoms with E-state index < -0.39 is 14.9 Å². The molecule has 0 saturated carbocycles. The number of hydrogen-bond donors (Lipinski definition) is 0. The van der Waals surface area contributed by atoms with Gasteiger partial charge in [0.2, 0.25) is 14.2 Å². The lowest BCUT2D eigenvalue weighted by Crippen LogP contribution is -2.43. The SMILES string of the molecule is Cc1cc(-c2nc3c(C)cc(O[Si](C)(C)C(C)(C)C)cc3s2)c2ncc(OC(F)F)nc2c1. The number of alkyl halides is 2. The highest BCUT2D eigenvalue weighted by atomic mass is 32.1. The molecule has 0 atom stereocenters. The summed E-state index contributed by atoms with van der Waals surface area (Å²) < 4.78 is 37.2. The molecule has 0 aliphatic rings. The fourth-order valence-corrected chi connectivity index (χ4v) is 5.45. The van der Waals surface area contributed by atoms with Crippen LogP contribution >= 0.6 is 11.3 Å². The monoisotopic (exact) mass is 487 g/mol. The first-order valence-corrected chi connectivity index (χ1v) is 14.4. The molecule has 4 aromatic rings. The number of rotatable bonds is 5. The molecule has 2 heterocycles. The van der Waals surface area contributed by atoms with E-state index in [4.69, 9.17) is 9.41 Å². The summed E-state index contributed by atoms with van der Waals surface area (Å²) in [6, 6.07) is 7.90. The molecule has 0 saturated heterocycles. The third kappa shape index (κ3) is 4.70. The van der Waals surface area contributed by atoms with Gasteiger partial charge in [-0.2, -0.15) is 8.78 Å². The zero-order chi connectivity index (χ0) is 24.1. The highest BCUT2D eigenvalue weighted by molar-refractivity contribution is 7.21. The van der Waals surface area contributed by atoms with E-state index in [1.807, 2.05) is 19.9 Å². The first-order chi connectivity index (χ1) is 15.3. The van der Waals surface area contributed by atoms with Crippen LogP contribution in [-0.2, 0) is 0 Å². The number of hydrogen-bond acceptors (Lipinski definition) is 6. The van der Waals surface area contributed by atoms with Gasteiger partial charge in [-0.25, -0.2) is 15.0 Å². The van der Waals surface area contributed by atoms with Gasteiger partial charge in [0.15, 0.2) is 0 Å². The molecule has 0 amide bonds. The van der Waals surface area contributed by atoms with Gasteiger partial charge < -0.3 is 9.16 Å². The van der Waals surface area contributed by atoms with Crippen molar-refractivity contribution in [2.75, 3.05) is 0 Å². The number of benzene rings is 2. The van der Waals surface area contributed by atoms with Crippen LogP contribution in [0.3, 0.4) is 0 Å². The van der Waals surface area contributed by atoms with E-state index in [0.717, 1.165) is 37.7 Å². The molecule has 0 aliphatic carbocycles. The van der Waals surface area contributed by atoms with Crippen molar-refractivity contribution in [3.8, 4) is 22.2 Å². The highest BCUT2D eigenvalue weighted by Gasteiger charge is 2.39. The molecular formula is C24H27F2N3O2SSi. The first kappa shape index (κ1) is 23.5. The molecule has 9 heteroatoms. The first-order valence-electron chi connectivity index (χ1n) is 10.7. The summed E-state index contributed by atoms with van der Waals surface area (Å²) in [7, 11) is -1.97. The number of aromatic nitrogens is 3. The average molecular weight is 488 g/mol. The lowest BCUT2D eigenvalue weighted by Gasteiger charge is -2.36. The van der Waals surface area contributed by atoms with Gasteiger partial charge in [0, 0.05) is 5.56 Å². The van der Waals surface area contributed by atoms with Crippen molar-refractivity contribution in [3.05, 3.63) is 41.6 Å². The van der Waals surface area contributed by atoms with E-state index in [1.54, 1.807) is 17.4 Å². The molecule has 0 N–H and O–H groups in total. The van der Waals surface area contributed by atoms with Crippen molar-refractivity contribution in [1.29, 1.82) is 0 Å². The zero-order valence-corrected chi connectivity index (χ0v) is 21.6. The second kappa shape index (κ2) is 8.29. The molecule has 0 fully saturated rings. The van der Waals surface area contributed by atoms with Crippen LogP contribution < -0.4 is 9.16 Å². The Hall–Kier alpha value is -2.65. The summed E-state index contributed by atoms with van der Waals surface area (Å²) in [6.45, 7) is 12.1. The second-order valence-electron chi connectivity index (χ2n) is 9.74. The topological polar surface area (TPSA) is 57.1 Å². The van der Waals surface area contributed by atoms with Crippen LogP contribution in [0.4, 0.5) is 8.78 Å². The predicted octanol–water partition coefficient (Wildman–Crippen LogP) is 7.51. The fraction of sp³-hybridized carbons (Fsp3) is 0.375. The predicted molar refractivity (Wildman–Crippen MR) is 132 cm³/mol. The van der Waals surface area contributed by atoms with Crippen molar-refractivity contribution >= 4 is 40.9 Å². The number of halogens is 2. The van der Waals surface area contributed by atoms with Gasteiger partial charge in [0.25, 0.3) is 0 Å². The number of fused-ring (bicyclic) bond motifs is 2. The van der Waals surface area contributed by atoms with Crippen LogP contribution in [0.5, 0.6) is 11.6 Å². The molecule has 0 bridgehead atoms. The molecule has 2 aromatic heterocycles. The van der Waals surface area contributed by atoms with Crippen LogP contribution in [0.1, 0.15) is 31.9 Å². The normalized spacial score (nSPS) is 12.7. The summed E-state index contributed by atoms with van der Waals surface area (Å²) in [5.41, 5.74) is 4.78. The molecule has 33 heavy (non-hydrogen) atoms. The average Bonchev–Trinajstić information content (AvgIpc) is 3.10. The van der Waals surface area contributed by atoms with E-state index in [0.29, 0.717) is 11.0 Å². The molecular weight excluding hydrogens is 460 g/mol. The molecule has 174 valence electrons. The van der Waals surface area contributed by atoms with Gasteiger partial charge in [-0.3, -0.25) is 0 Å². The number of thiazole rings is 1. The third-order valence-corrected chi connectivity index (χ3v) is 11.4. The Kier molecular flexibility index (Phi) is 5.90. The molecule has 0 aliphatic heterocycles. The van der Waals surface area contributed by atoms with Crippen LogP contribution in [0.2, 0.25) is 18.1 Å². The van der Waals surface area contributed by atoms with Crippen molar-refractivity contribution < 1.29 is 17.9 Å². The van der Waals surface area contributed by atoms with E-state index in [-0.39, 0.29) is 10.9 Å². The Morgan fingerprint density at radius 1 is 1.00 bits per heavy atom. The Morgan fingerprint density at radius 3 is 2.39 bits per heavy atom. The Morgan fingerprint density at radius 2 is 1.73 bits per heavy atom. The molecule has 2 aromatic carbocycles. The minimum absolute atomic E-state index is 0.0980. The van der Waals surface area contributed by atoms with Crippen LogP contribution in [0, 0.1) is 13.8 Å². The third-order valence-electron chi connectivity index (χ3n) is 6.05. The minimum Gasteiger partial charge on any atom is -0.543 e. The fourth-order valence-electron chi connectivity index (χ4n) is 3.35. The number of nitrogens with zero attached hydrogens (tertiary/aromatic N) is 3. The minimum atomic E-state index is -2.95. The maximum atomic E-state index is 12.6. The largest absolute Gasteiger partial charge is 0.543 e. The lowest BCUT2D eigenvalue weighted by atomic mass is 10.1. The lowest BCUT2D eigenvalue weighted by molar-refractivity contribution is -0.0528. The van der Waals surface area contributed by atoms with Crippen LogP contribution in [-0.4, -0.2) is 29.9 Å². The number of aryl methyl sites for hydroxylation is 2. The maximum Gasteiger partial charge on any atom is 0.388 e. The summed E-state index contributed by atoms with van der Waals surface area (Å²) in [4.78, 5) is 13.5. The molecule has 0 radical (unpaired) electrons. The smallest absolute Gasteiger partial charge is 0.388 e. The Labute approximate surface area is 196 Å². The van der Waals surface area contributed by atoms with Crippen LogP contribution in [0.25, 0.3) is 31.8 Å². The van der Waals surface area contributed by atoms with Crippen molar-refractivity contribution in [1.82, 2.24) is 15.0 Å². The van der Waals surface area contributed by atoms with Gasteiger partial charge >= 0.3 is 6.61 Å². The summed E-state index contributed by atoms with van der Waals surface area (Å²) in [6.07, 6.45) is 1.22. The van der Waals surface area contributed by atoms with E-state index >= 15 is 0 Å². The molecule has 0 unspecified atom stereocenters. The van der Waals surface area contributed by atoms with Crippen LogP contribution in [0.15, 0.2) is 30.5 Å². The van der Waals surface area contributed by atoms with Crippen molar-refractivity contribution in [2.45, 2.75) is 59.4 Å². The maximum absolute atomic E-state index is 12.6. The van der Waals surface area contributed by atoms with Gasteiger partial charge in [0.1, 0.15) is 10.8 Å². The molecule has 0 spiro atoms. The van der Waals surface area contributed by atoms with E-state index in [2.05, 4.69) is 60.7 Å². The highest BCUT2D eigenvalue weighted by Crippen LogP contribution is 2.41. The van der Waals surface area contributed by atoms with Crippen molar-refractivity contribution in [2.24, 2.45) is 0 Å². The quantitative estimate of drug-likeness (QED) is 0.273. The van der Waals surface area contributed by atoms with Crippen molar-refractivity contribution in [3.63, 3.8) is 0 Å². The molecule has 5 nitrogen and oxygen atoms in total. The standard InChI is InChI=1S/C24H27F2N3O2SSi/c1-13-8-16(21-17(9-13)28-19(12-27-21)30-23(25)26)22-29-20-14(2)10-15(11-18(20)32-22)31-33(6,7)24(3,4)5/h8-12,23H,1-7H3. The van der Waals surface area contributed by atoms with Gasteiger partial charge in [-0.05, 0) is 67.4 Å². The van der Waals surface area contributed by atoms with Gasteiger partial charge in [-0.15, -0.1) is 11.3 Å². The molecule has 4 rings (SSSR count). The van der Waals surface area contributed by atoms with E-state index in [1.165, 1.54) is 6.20 Å². The zero-order valence-electron chi connectivity index (χ0n) is 19.8. The summed E-state index contributed by atoms with van der Waals surface area (Å²) in [5.74, 6) is 0.658.